The van der Waals surface area contributed by atoms with Crippen LogP contribution in [0.25, 0.3) is 0 Å². The molecule has 108 valence electrons. The highest BCUT2D eigenvalue weighted by atomic mass is 32.2. The second-order valence-corrected chi connectivity index (χ2v) is 6.99. The molecule has 1 aliphatic carbocycles. The molecule has 2 rings (SSSR count). The molecule has 0 radical (unpaired) electrons. The fraction of sp³-hybridized carbons (Fsp3) is 0.692. The summed E-state index contributed by atoms with van der Waals surface area (Å²) in [6, 6.07) is 3.24. The maximum absolute atomic E-state index is 12.2. The van der Waals surface area contributed by atoms with E-state index in [4.69, 9.17) is 4.42 Å². The lowest BCUT2D eigenvalue weighted by molar-refractivity contribution is 0.324. The third kappa shape index (κ3) is 3.81. The second kappa shape index (κ2) is 6.07. The van der Waals surface area contributed by atoms with Crippen molar-refractivity contribution in [2.75, 3.05) is 7.05 Å². The Morgan fingerprint density at radius 3 is 2.84 bits per heavy atom. The first-order valence-electron chi connectivity index (χ1n) is 6.77. The molecule has 1 aromatic rings. The Balaban J connectivity index is 2.04. The number of hydrogen-bond donors (Lipinski definition) is 2. The molecular weight excluding hydrogens is 264 g/mol. The summed E-state index contributed by atoms with van der Waals surface area (Å²) in [6.07, 6.45) is 4.08. The predicted molar refractivity (Wildman–Crippen MR) is 73.2 cm³/mol. The predicted octanol–water partition coefficient (Wildman–Crippen LogP) is 1.86. The van der Waals surface area contributed by atoms with Gasteiger partial charge in [0.05, 0.1) is 6.54 Å². The molecule has 0 bridgehead atoms. The van der Waals surface area contributed by atoms with E-state index in [-0.39, 0.29) is 11.1 Å². The minimum atomic E-state index is -3.53. The highest BCUT2D eigenvalue weighted by Crippen LogP contribution is 2.25. The summed E-state index contributed by atoms with van der Waals surface area (Å²) >= 11 is 0. The van der Waals surface area contributed by atoms with Crippen molar-refractivity contribution in [3.63, 3.8) is 0 Å². The Hall–Kier alpha value is -0.850. The molecule has 5 nitrogen and oxygen atoms in total. The first-order valence-corrected chi connectivity index (χ1v) is 8.25. The maximum atomic E-state index is 12.2. The Labute approximate surface area is 114 Å². The monoisotopic (exact) mass is 286 g/mol. The standard InChI is InChI=1S/C13H22N2O3S/c1-10-4-3-5-11(8-10)15-19(16,17)13-7-6-12(18-13)9-14-2/h6-7,10-11,14-15H,3-5,8-9H2,1-2H3. The van der Waals surface area contributed by atoms with Gasteiger partial charge in [0.15, 0.2) is 0 Å². The maximum Gasteiger partial charge on any atom is 0.274 e. The highest BCUT2D eigenvalue weighted by Gasteiger charge is 2.26. The van der Waals surface area contributed by atoms with Crippen LogP contribution in [-0.4, -0.2) is 21.5 Å². The van der Waals surface area contributed by atoms with Crippen LogP contribution < -0.4 is 10.0 Å². The van der Waals surface area contributed by atoms with Gasteiger partial charge in [0.1, 0.15) is 5.76 Å². The lowest BCUT2D eigenvalue weighted by Crippen LogP contribution is -2.37. The van der Waals surface area contributed by atoms with Gasteiger partial charge in [0, 0.05) is 6.04 Å². The minimum absolute atomic E-state index is 0.0102. The number of hydrogen-bond acceptors (Lipinski definition) is 4. The first-order chi connectivity index (χ1) is 9.01. The number of nitrogens with one attached hydrogen (secondary N) is 2. The van der Waals surface area contributed by atoms with Crippen molar-refractivity contribution < 1.29 is 12.8 Å². The average Bonchev–Trinajstić information content (AvgIpc) is 2.78. The molecular formula is C13H22N2O3S. The van der Waals surface area contributed by atoms with E-state index in [1.807, 2.05) is 0 Å². The van der Waals surface area contributed by atoms with E-state index in [1.54, 1.807) is 13.1 Å². The normalized spacial score (nSPS) is 24.5. The molecule has 1 fully saturated rings. The second-order valence-electron chi connectivity index (χ2n) is 5.34. The van der Waals surface area contributed by atoms with E-state index in [0.717, 1.165) is 19.3 Å². The Bertz CT molecular complexity index is 510. The first kappa shape index (κ1) is 14.6. The van der Waals surface area contributed by atoms with Crippen LogP contribution in [-0.2, 0) is 16.6 Å². The number of rotatable bonds is 5. The largest absolute Gasteiger partial charge is 0.447 e. The van der Waals surface area contributed by atoms with Gasteiger partial charge in [0.25, 0.3) is 10.0 Å². The Morgan fingerprint density at radius 2 is 2.16 bits per heavy atom. The molecule has 0 saturated heterocycles. The van der Waals surface area contributed by atoms with Crippen LogP contribution in [0.3, 0.4) is 0 Å². The van der Waals surface area contributed by atoms with Crippen LogP contribution in [0.4, 0.5) is 0 Å². The third-order valence-electron chi connectivity index (χ3n) is 3.51. The average molecular weight is 286 g/mol. The molecule has 1 heterocycles. The van der Waals surface area contributed by atoms with Gasteiger partial charge in [-0.25, -0.2) is 13.1 Å². The van der Waals surface area contributed by atoms with Crippen LogP contribution >= 0.6 is 0 Å². The van der Waals surface area contributed by atoms with Crippen LogP contribution in [0.5, 0.6) is 0 Å². The molecule has 0 amide bonds. The smallest absolute Gasteiger partial charge is 0.274 e. The topological polar surface area (TPSA) is 71.3 Å². The van der Waals surface area contributed by atoms with Crippen molar-refractivity contribution >= 4 is 10.0 Å². The zero-order valence-electron chi connectivity index (χ0n) is 11.5. The number of furan rings is 1. The van der Waals surface area contributed by atoms with Gasteiger partial charge in [-0.1, -0.05) is 19.8 Å². The fourth-order valence-electron chi connectivity index (χ4n) is 2.59. The van der Waals surface area contributed by atoms with Gasteiger partial charge in [-0.3, -0.25) is 0 Å². The lowest BCUT2D eigenvalue weighted by Gasteiger charge is -2.26. The Morgan fingerprint density at radius 1 is 1.37 bits per heavy atom. The number of sulfonamides is 1. The van der Waals surface area contributed by atoms with Crippen molar-refractivity contribution in [3.8, 4) is 0 Å². The molecule has 1 aliphatic rings. The molecule has 2 N–H and O–H groups in total. The van der Waals surface area contributed by atoms with Gasteiger partial charge >= 0.3 is 0 Å². The van der Waals surface area contributed by atoms with E-state index >= 15 is 0 Å². The molecule has 19 heavy (non-hydrogen) atoms. The van der Waals surface area contributed by atoms with Crippen molar-refractivity contribution in [1.82, 2.24) is 10.0 Å². The minimum Gasteiger partial charge on any atom is -0.447 e. The SMILES string of the molecule is CNCc1ccc(S(=O)(=O)NC2CCCC(C)C2)o1. The molecule has 2 unspecified atom stereocenters. The van der Waals surface area contributed by atoms with E-state index < -0.39 is 10.0 Å². The van der Waals surface area contributed by atoms with Gasteiger partial charge in [-0.05, 0) is 37.9 Å². The van der Waals surface area contributed by atoms with Crippen molar-refractivity contribution in [2.45, 2.75) is 50.3 Å². The summed E-state index contributed by atoms with van der Waals surface area (Å²) in [5.74, 6) is 1.21. The van der Waals surface area contributed by atoms with Crippen LogP contribution in [0, 0.1) is 5.92 Å². The fourth-order valence-corrected chi connectivity index (χ4v) is 3.82. The summed E-state index contributed by atoms with van der Waals surface area (Å²) in [7, 11) is -1.74. The zero-order chi connectivity index (χ0) is 13.9. The Kier molecular flexibility index (Phi) is 4.65. The molecule has 2 atom stereocenters. The van der Waals surface area contributed by atoms with Gasteiger partial charge in [0.2, 0.25) is 5.09 Å². The van der Waals surface area contributed by atoms with E-state index in [0.29, 0.717) is 18.2 Å². The summed E-state index contributed by atoms with van der Waals surface area (Å²) in [6.45, 7) is 2.69. The van der Waals surface area contributed by atoms with Crippen LogP contribution in [0.2, 0.25) is 0 Å². The van der Waals surface area contributed by atoms with E-state index in [1.165, 1.54) is 12.5 Å². The lowest BCUT2D eigenvalue weighted by atomic mass is 9.88. The summed E-state index contributed by atoms with van der Waals surface area (Å²) in [5.41, 5.74) is 0. The van der Waals surface area contributed by atoms with E-state index in [2.05, 4.69) is 17.0 Å². The molecule has 1 saturated carbocycles. The molecule has 0 spiro atoms. The molecule has 0 aromatic carbocycles. The summed E-state index contributed by atoms with van der Waals surface area (Å²) in [5, 5.41) is 2.94. The zero-order valence-corrected chi connectivity index (χ0v) is 12.3. The van der Waals surface area contributed by atoms with Crippen LogP contribution in [0.1, 0.15) is 38.4 Å². The quantitative estimate of drug-likeness (QED) is 0.866. The van der Waals surface area contributed by atoms with Crippen molar-refractivity contribution in [2.24, 2.45) is 5.92 Å². The van der Waals surface area contributed by atoms with Gasteiger partial charge in [-0.2, -0.15) is 0 Å². The summed E-state index contributed by atoms with van der Waals surface area (Å²) in [4.78, 5) is 0. The van der Waals surface area contributed by atoms with E-state index in [9.17, 15) is 8.42 Å². The molecule has 6 heteroatoms. The molecule has 1 aromatic heterocycles. The van der Waals surface area contributed by atoms with Gasteiger partial charge < -0.3 is 9.73 Å². The summed E-state index contributed by atoms with van der Waals surface area (Å²) < 4.78 is 32.5. The molecule has 0 aliphatic heterocycles. The van der Waals surface area contributed by atoms with Crippen molar-refractivity contribution in [3.05, 3.63) is 17.9 Å². The van der Waals surface area contributed by atoms with Crippen molar-refractivity contribution in [1.29, 1.82) is 0 Å². The highest BCUT2D eigenvalue weighted by molar-refractivity contribution is 7.89. The van der Waals surface area contributed by atoms with Crippen LogP contribution in [0.15, 0.2) is 21.6 Å². The van der Waals surface area contributed by atoms with Gasteiger partial charge in [-0.15, -0.1) is 0 Å². The third-order valence-corrected chi connectivity index (χ3v) is 4.90.